The fraction of sp³-hybridized carbons (Fsp3) is 0.200. The predicted molar refractivity (Wildman–Crippen MR) is 51.6 cm³/mol. The van der Waals surface area contributed by atoms with E-state index in [2.05, 4.69) is 46.6 Å². The zero-order valence-electron chi connectivity index (χ0n) is 7.17. The Morgan fingerprint density at radius 2 is 2.15 bits per heavy atom. The average molecular weight is 173 g/mol. The maximum atomic E-state index is 3.30. The minimum absolute atomic E-state index is 0.273. The second-order valence-electron chi connectivity index (χ2n) is 3.35. The van der Waals surface area contributed by atoms with Crippen LogP contribution in [0.4, 0.5) is 0 Å². The van der Waals surface area contributed by atoms with Crippen LogP contribution in [-0.2, 0) is 0 Å². The fourth-order valence-electron chi connectivity index (χ4n) is 1.92. The second kappa shape index (κ2) is 2.58. The molecule has 13 heavy (non-hydrogen) atoms. The molecule has 3 rings (SSSR count). The zero-order valence-corrected chi connectivity index (χ0v) is 7.17. The first-order chi connectivity index (χ1) is 6.45. The van der Waals surface area contributed by atoms with E-state index in [9.17, 15) is 0 Å². The smallest absolute Gasteiger partial charge is 0.113 e. The van der Waals surface area contributed by atoms with E-state index in [1.54, 1.807) is 0 Å². The van der Waals surface area contributed by atoms with Crippen molar-refractivity contribution in [3.63, 3.8) is 0 Å². The molecular formula is C10H11N3. The van der Waals surface area contributed by atoms with E-state index in [-0.39, 0.29) is 6.17 Å². The lowest BCUT2D eigenvalue weighted by Crippen LogP contribution is -2.46. The van der Waals surface area contributed by atoms with Crippen molar-refractivity contribution >= 4 is 11.8 Å². The molecule has 1 aromatic carbocycles. The van der Waals surface area contributed by atoms with Crippen LogP contribution in [0.3, 0.4) is 0 Å². The Bertz CT molecular complexity index is 449. The fourth-order valence-corrected chi connectivity index (χ4v) is 1.92. The first-order valence-corrected chi connectivity index (χ1v) is 4.48. The maximum Gasteiger partial charge on any atom is 0.113 e. The van der Waals surface area contributed by atoms with Crippen LogP contribution in [0.15, 0.2) is 24.3 Å². The molecule has 0 aromatic heterocycles. The van der Waals surface area contributed by atoms with Crippen LogP contribution in [0.1, 0.15) is 0 Å². The Kier molecular flexibility index (Phi) is 1.41. The molecule has 0 radical (unpaired) electrons. The molecule has 0 bridgehead atoms. The number of hydrazine groups is 1. The Hall–Kier alpha value is -1.32. The van der Waals surface area contributed by atoms with Crippen molar-refractivity contribution in [3.8, 4) is 0 Å². The molecule has 1 unspecified atom stereocenters. The van der Waals surface area contributed by atoms with Gasteiger partial charge in [0, 0.05) is 12.7 Å². The van der Waals surface area contributed by atoms with Gasteiger partial charge in [0.05, 0.1) is 0 Å². The Morgan fingerprint density at radius 1 is 1.23 bits per heavy atom. The lowest BCUT2D eigenvalue weighted by molar-refractivity contribution is 0.559. The van der Waals surface area contributed by atoms with E-state index < -0.39 is 0 Å². The highest BCUT2D eigenvalue weighted by Gasteiger charge is 2.20. The van der Waals surface area contributed by atoms with Gasteiger partial charge in [-0.05, 0) is 16.0 Å². The van der Waals surface area contributed by atoms with Crippen molar-refractivity contribution in [1.82, 2.24) is 16.2 Å². The van der Waals surface area contributed by atoms with Crippen molar-refractivity contribution < 1.29 is 0 Å². The summed E-state index contributed by atoms with van der Waals surface area (Å²) in [6, 6.07) is 8.45. The second-order valence-corrected chi connectivity index (χ2v) is 3.35. The van der Waals surface area contributed by atoms with E-state index in [0.29, 0.717) is 0 Å². The summed E-state index contributed by atoms with van der Waals surface area (Å²) in [5.41, 5.74) is 7.71. The first-order valence-electron chi connectivity index (χ1n) is 4.48. The summed E-state index contributed by atoms with van der Waals surface area (Å²) in [6.45, 7) is 0.919. The third-order valence-electron chi connectivity index (χ3n) is 2.59. The van der Waals surface area contributed by atoms with Gasteiger partial charge in [-0.2, -0.15) is 0 Å². The van der Waals surface area contributed by atoms with Crippen LogP contribution in [0.2, 0.25) is 0 Å². The van der Waals surface area contributed by atoms with Crippen LogP contribution in [-0.4, -0.2) is 12.7 Å². The molecule has 66 valence electrons. The molecule has 1 aromatic rings. The minimum atomic E-state index is 0.273. The van der Waals surface area contributed by atoms with Crippen LogP contribution in [0, 0.1) is 0 Å². The molecule has 3 nitrogen and oxygen atoms in total. The largest absolute Gasteiger partial charge is 0.371 e. The van der Waals surface area contributed by atoms with Gasteiger partial charge in [0.2, 0.25) is 0 Å². The minimum Gasteiger partial charge on any atom is -0.371 e. The molecule has 0 aliphatic carbocycles. The quantitative estimate of drug-likeness (QED) is 0.452. The van der Waals surface area contributed by atoms with Crippen molar-refractivity contribution in [1.29, 1.82) is 0 Å². The Labute approximate surface area is 76.1 Å². The lowest BCUT2D eigenvalue weighted by Gasteiger charge is -2.15. The molecule has 0 spiro atoms. The van der Waals surface area contributed by atoms with Crippen molar-refractivity contribution in [3.05, 3.63) is 34.7 Å². The molecule has 2 aliphatic heterocycles. The zero-order chi connectivity index (χ0) is 8.67. The van der Waals surface area contributed by atoms with Crippen LogP contribution in [0.5, 0.6) is 0 Å². The molecule has 1 saturated heterocycles. The molecule has 3 heteroatoms. The number of benzene rings is 1. The molecule has 0 saturated carbocycles. The van der Waals surface area contributed by atoms with Gasteiger partial charge in [-0.15, -0.1) is 0 Å². The summed E-state index contributed by atoms with van der Waals surface area (Å²) in [6.07, 6.45) is 2.33. The topological polar surface area (TPSA) is 36.1 Å². The molecule has 0 amide bonds. The lowest BCUT2D eigenvalue weighted by atomic mass is 10.1. The van der Waals surface area contributed by atoms with E-state index >= 15 is 0 Å². The number of hydrogen-bond donors (Lipinski definition) is 3. The van der Waals surface area contributed by atoms with Gasteiger partial charge in [0.1, 0.15) is 6.17 Å². The monoisotopic (exact) mass is 173 g/mol. The van der Waals surface area contributed by atoms with E-state index in [4.69, 9.17) is 0 Å². The van der Waals surface area contributed by atoms with Gasteiger partial charge in [-0.25, -0.2) is 5.43 Å². The highest BCUT2D eigenvalue weighted by molar-refractivity contribution is 5.58. The standard InChI is InChI=1S/C10H11N3/c1-2-4-8-7(3-1)5-11-10-9(8)6-12-13-10/h1-5,10-13H,6H2. The van der Waals surface area contributed by atoms with E-state index in [1.165, 1.54) is 16.0 Å². The summed E-state index contributed by atoms with van der Waals surface area (Å²) in [5.74, 6) is 0. The van der Waals surface area contributed by atoms with Gasteiger partial charge < -0.3 is 5.32 Å². The van der Waals surface area contributed by atoms with E-state index in [1.807, 2.05) is 0 Å². The van der Waals surface area contributed by atoms with Crippen molar-refractivity contribution in [2.45, 2.75) is 6.17 Å². The summed E-state index contributed by atoms with van der Waals surface area (Å²) in [7, 11) is 0. The predicted octanol–water partition coefficient (Wildman–Crippen LogP) is -1.39. The number of fused-ring (bicyclic) bond motifs is 2. The van der Waals surface area contributed by atoms with Gasteiger partial charge in [0.25, 0.3) is 0 Å². The SMILES string of the molecule is C1=c2ccccc2=C2CNNC2N1. The summed E-state index contributed by atoms with van der Waals surface area (Å²) in [5, 5.41) is 5.93. The first kappa shape index (κ1) is 7.12. The summed E-state index contributed by atoms with van der Waals surface area (Å²) >= 11 is 0. The Morgan fingerprint density at radius 3 is 3.15 bits per heavy atom. The van der Waals surface area contributed by atoms with Gasteiger partial charge >= 0.3 is 0 Å². The summed E-state index contributed by atoms with van der Waals surface area (Å²) < 4.78 is 0. The molecule has 1 fully saturated rings. The van der Waals surface area contributed by atoms with Gasteiger partial charge in [-0.3, -0.25) is 5.43 Å². The molecule has 3 N–H and O–H groups in total. The normalized spacial score (nSPS) is 24.3. The van der Waals surface area contributed by atoms with Crippen LogP contribution in [0.25, 0.3) is 11.8 Å². The van der Waals surface area contributed by atoms with Gasteiger partial charge in [0.15, 0.2) is 0 Å². The third-order valence-corrected chi connectivity index (χ3v) is 2.59. The molecule has 1 atom stereocenters. The van der Waals surface area contributed by atoms with E-state index in [0.717, 1.165) is 6.54 Å². The Balaban J connectivity index is 2.38. The highest BCUT2D eigenvalue weighted by Crippen LogP contribution is 2.03. The van der Waals surface area contributed by atoms with Crippen LogP contribution < -0.4 is 26.6 Å². The van der Waals surface area contributed by atoms with Crippen molar-refractivity contribution in [2.24, 2.45) is 0 Å². The number of nitrogens with one attached hydrogen (secondary N) is 3. The number of rotatable bonds is 0. The molecule has 2 aliphatic rings. The van der Waals surface area contributed by atoms with Crippen LogP contribution >= 0.6 is 0 Å². The molecule has 2 heterocycles. The van der Waals surface area contributed by atoms with Gasteiger partial charge in [-0.1, -0.05) is 24.3 Å². The maximum absolute atomic E-state index is 3.30. The average Bonchev–Trinajstić information content (AvgIpc) is 2.65. The third kappa shape index (κ3) is 0.978. The summed E-state index contributed by atoms with van der Waals surface area (Å²) in [4.78, 5) is 0. The number of hydrogen-bond acceptors (Lipinski definition) is 3. The molecular weight excluding hydrogens is 162 g/mol. The van der Waals surface area contributed by atoms with Crippen molar-refractivity contribution in [2.75, 3.05) is 6.54 Å². The highest BCUT2D eigenvalue weighted by atomic mass is 15.4.